The molecule has 0 saturated carbocycles. The molecule has 0 aliphatic carbocycles. The highest BCUT2D eigenvalue weighted by Crippen LogP contribution is 1.94. The van der Waals surface area contributed by atoms with E-state index in [0.717, 1.165) is 5.92 Å². The fourth-order valence-electron chi connectivity index (χ4n) is 0.177. The third kappa shape index (κ3) is 43.9. The second-order valence-electron chi connectivity index (χ2n) is 4.24. The lowest BCUT2D eigenvalue weighted by molar-refractivity contribution is -0.110. The fraction of sp³-hybridized carbons (Fsp3) is 0.889. The average molecular weight is 159 g/mol. The minimum absolute atomic E-state index is 0.0677. The second-order valence-corrected chi connectivity index (χ2v) is 4.24. The number of carbonyl (C=O) groups is 1. The molecular weight excluding hydrogens is 138 g/mol. The maximum Gasteiger partial charge on any atom is 0.207 e. The highest BCUT2D eigenvalue weighted by Gasteiger charge is 2.04. The Hall–Kier alpha value is -0.530. The van der Waals surface area contributed by atoms with E-state index in [1.54, 1.807) is 0 Å². The van der Waals surface area contributed by atoms with E-state index >= 15 is 0 Å². The van der Waals surface area contributed by atoms with Crippen LogP contribution < -0.4 is 5.32 Å². The summed E-state index contributed by atoms with van der Waals surface area (Å²) in [4.78, 5) is 9.71. The molecule has 0 saturated heterocycles. The summed E-state index contributed by atoms with van der Waals surface area (Å²) in [6.07, 6.45) is 0.708. The van der Waals surface area contributed by atoms with Gasteiger partial charge in [0.25, 0.3) is 0 Å². The van der Waals surface area contributed by atoms with Crippen molar-refractivity contribution in [2.45, 2.75) is 47.1 Å². The molecule has 68 valence electrons. The van der Waals surface area contributed by atoms with E-state index in [2.05, 4.69) is 26.1 Å². The summed E-state index contributed by atoms with van der Waals surface area (Å²) >= 11 is 0. The van der Waals surface area contributed by atoms with Gasteiger partial charge in [-0.1, -0.05) is 20.8 Å². The molecule has 0 spiro atoms. The van der Waals surface area contributed by atoms with Gasteiger partial charge in [0.05, 0.1) is 0 Å². The zero-order valence-corrected chi connectivity index (χ0v) is 8.56. The van der Waals surface area contributed by atoms with Crippen molar-refractivity contribution in [3.05, 3.63) is 0 Å². The highest BCUT2D eigenvalue weighted by atomic mass is 16.1. The molecule has 0 unspecified atom stereocenters. The first-order chi connectivity index (χ1) is 4.79. The molecule has 0 aromatic carbocycles. The van der Waals surface area contributed by atoms with Gasteiger partial charge in [0.15, 0.2) is 0 Å². The Morgan fingerprint density at radius 2 is 1.45 bits per heavy atom. The van der Waals surface area contributed by atoms with Crippen LogP contribution >= 0.6 is 0 Å². The summed E-state index contributed by atoms with van der Waals surface area (Å²) in [5, 5.41) is 2.60. The number of hydrogen-bond acceptors (Lipinski definition) is 1. The van der Waals surface area contributed by atoms with Crippen LogP contribution in [0.5, 0.6) is 0 Å². The van der Waals surface area contributed by atoms with Gasteiger partial charge in [-0.25, -0.2) is 0 Å². The van der Waals surface area contributed by atoms with Crippen molar-refractivity contribution >= 4 is 6.41 Å². The zero-order chi connectivity index (χ0) is 9.49. The van der Waals surface area contributed by atoms with E-state index in [1.165, 1.54) is 0 Å². The van der Waals surface area contributed by atoms with Gasteiger partial charge in [-0.3, -0.25) is 4.79 Å². The van der Waals surface area contributed by atoms with Crippen LogP contribution in [-0.2, 0) is 4.79 Å². The fourth-order valence-corrected chi connectivity index (χ4v) is 0.177. The van der Waals surface area contributed by atoms with Crippen molar-refractivity contribution in [2.75, 3.05) is 0 Å². The maximum absolute atomic E-state index is 9.71. The molecule has 0 aliphatic heterocycles. The van der Waals surface area contributed by atoms with E-state index in [4.69, 9.17) is 0 Å². The van der Waals surface area contributed by atoms with Gasteiger partial charge < -0.3 is 5.32 Å². The Morgan fingerprint density at radius 1 is 1.18 bits per heavy atom. The maximum atomic E-state index is 9.71. The topological polar surface area (TPSA) is 29.1 Å². The van der Waals surface area contributed by atoms with E-state index in [0.29, 0.717) is 6.41 Å². The van der Waals surface area contributed by atoms with Crippen LogP contribution in [0.2, 0.25) is 0 Å². The average Bonchev–Trinajstić information content (AvgIpc) is 1.58. The molecule has 11 heavy (non-hydrogen) atoms. The van der Waals surface area contributed by atoms with Crippen LogP contribution in [0.25, 0.3) is 0 Å². The van der Waals surface area contributed by atoms with Gasteiger partial charge in [-0.15, -0.1) is 0 Å². The standard InChI is InChI=1S/C5H11NO.C4H10/c1-5(2,3)6-4-7;1-4(2)3/h4H,1-3H3,(H,6,7);4H,1-3H3. The van der Waals surface area contributed by atoms with E-state index in [-0.39, 0.29) is 5.54 Å². The molecule has 2 heteroatoms. The second kappa shape index (κ2) is 6.20. The van der Waals surface area contributed by atoms with Crippen LogP contribution in [0.15, 0.2) is 0 Å². The van der Waals surface area contributed by atoms with Gasteiger partial charge in [0, 0.05) is 5.54 Å². The quantitative estimate of drug-likeness (QED) is 0.584. The first kappa shape index (κ1) is 13.1. The number of carbonyl (C=O) groups excluding carboxylic acids is 1. The molecule has 0 radical (unpaired) electrons. The molecule has 0 fully saturated rings. The van der Waals surface area contributed by atoms with Crippen molar-refractivity contribution in [3.8, 4) is 0 Å². The molecule has 0 rings (SSSR count). The predicted octanol–water partition coefficient (Wildman–Crippen LogP) is 2.19. The lowest BCUT2D eigenvalue weighted by atomic mass is 10.1. The van der Waals surface area contributed by atoms with Gasteiger partial charge in [0.1, 0.15) is 0 Å². The number of hydrogen-bond donors (Lipinski definition) is 1. The Kier molecular flexibility index (Phi) is 7.37. The molecule has 0 atom stereocenters. The summed E-state index contributed by atoms with van der Waals surface area (Å²) in [5.41, 5.74) is -0.0677. The Labute approximate surface area is 70.4 Å². The number of rotatable bonds is 1. The molecule has 1 N–H and O–H groups in total. The molecule has 0 aromatic heterocycles. The Bertz CT molecular complexity index is 89.5. The minimum Gasteiger partial charge on any atom is -0.354 e. The lowest BCUT2D eigenvalue weighted by Crippen LogP contribution is -2.34. The minimum atomic E-state index is -0.0677. The predicted molar refractivity (Wildman–Crippen MR) is 49.5 cm³/mol. The van der Waals surface area contributed by atoms with Gasteiger partial charge in [-0.05, 0) is 26.7 Å². The first-order valence-corrected chi connectivity index (χ1v) is 4.01. The van der Waals surface area contributed by atoms with Gasteiger partial charge >= 0.3 is 0 Å². The molecule has 0 aromatic rings. The van der Waals surface area contributed by atoms with Crippen molar-refractivity contribution < 1.29 is 4.79 Å². The molecule has 1 amide bonds. The number of amides is 1. The van der Waals surface area contributed by atoms with Crippen LogP contribution in [0.4, 0.5) is 0 Å². The van der Waals surface area contributed by atoms with E-state index in [1.807, 2.05) is 20.8 Å². The number of nitrogens with one attached hydrogen (secondary N) is 1. The van der Waals surface area contributed by atoms with Gasteiger partial charge in [0.2, 0.25) is 6.41 Å². The van der Waals surface area contributed by atoms with Crippen LogP contribution in [0.3, 0.4) is 0 Å². The third-order valence-corrected chi connectivity index (χ3v) is 0.492. The van der Waals surface area contributed by atoms with Crippen LogP contribution in [-0.4, -0.2) is 11.9 Å². The van der Waals surface area contributed by atoms with Crippen molar-refractivity contribution in [1.82, 2.24) is 5.32 Å². The molecule has 2 nitrogen and oxygen atoms in total. The molecule has 0 heterocycles. The Morgan fingerprint density at radius 3 is 1.45 bits per heavy atom. The summed E-state index contributed by atoms with van der Waals surface area (Å²) in [5.74, 6) is 0.833. The molecule has 0 aliphatic rings. The smallest absolute Gasteiger partial charge is 0.207 e. The Balaban J connectivity index is 0. The summed E-state index contributed by atoms with van der Waals surface area (Å²) in [6.45, 7) is 12.3. The SMILES string of the molecule is CC(C)(C)NC=O.CC(C)C. The van der Waals surface area contributed by atoms with Crippen molar-refractivity contribution in [2.24, 2.45) is 5.92 Å². The monoisotopic (exact) mass is 159 g/mol. The summed E-state index contributed by atoms with van der Waals surface area (Å²) in [7, 11) is 0. The summed E-state index contributed by atoms with van der Waals surface area (Å²) in [6, 6.07) is 0. The zero-order valence-electron chi connectivity index (χ0n) is 8.56. The molecular formula is C9H21NO. The largest absolute Gasteiger partial charge is 0.354 e. The first-order valence-electron chi connectivity index (χ1n) is 4.01. The van der Waals surface area contributed by atoms with E-state index < -0.39 is 0 Å². The lowest BCUT2D eigenvalue weighted by Gasteiger charge is -2.15. The van der Waals surface area contributed by atoms with E-state index in [9.17, 15) is 4.79 Å². The van der Waals surface area contributed by atoms with Crippen LogP contribution in [0.1, 0.15) is 41.5 Å². The van der Waals surface area contributed by atoms with Crippen molar-refractivity contribution in [3.63, 3.8) is 0 Å². The molecule has 0 bridgehead atoms. The summed E-state index contributed by atoms with van der Waals surface area (Å²) < 4.78 is 0. The van der Waals surface area contributed by atoms with Crippen molar-refractivity contribution in [1.29, 1.82) is 0 Å². The van der Waals surface area contributed by atoms with Crippen LogP contribution in [0, 0.1) is 5.92 Å². The van der Waals surface area contributed by atoms with Gasteiger partial charge in [-0.2, -0.15) is 0 Å². The normalized spacial score (nSPS) is 10.1. The highest BCUT2D eigenvalue weighted by molar-refractivity contribution is 5.47. The third-order valence-electron chi connectivity index (χ3n) is 0.492.